The number of H-pyrrole nitrogens is 1. The maximum absolute atomic E-state index is 5.78. The van der Waals surface area contributed by atoms with Gasteiger partial charge in [-0.2, -0.15) is 0 Å². The van der Waals surface area contributed by atoms with Gasteiger partial charge in [0.05, 0.1) is 7.11 Å². The van der Waals surface area contributed by atoms with Gasteiger partial charge in [-0.1, -0.05) is 30.3 Å². The Morgan fingerprint density at radius 1 is 1.10 bits per heavy atom. The number of nitrogens with one attached hydrogen (secondary N) is 1. The third-order valence-electron chi connectivity index (χ3n) is 3.57. The summed E-state index contributed by atoms with van der Waals surface area (Å²) in [4.78, 5) is 3.51. The Balaban J connectivity index is 2.21. The Morgan fingerprint density at radius 2 is 1.95 bits per heavy atom. The molecule has 0 radical (unpaired) electrons. The third kappa shape index (κ3) is 2.17. The fraction of sp³-hybridized carbons (Fsp3) is 0.176. The molecule has 0 aliphatic carbocycles. The van der Waals surface area contributed by atoms with Crippen LogP contribution >= 0.6 is 0 Å². The van der Waals surface area contributed by atoms with Crippen LogP contribution in [0.3, 0.4) is 0 Å². The topological polar surface area (TPSA) is 51.0 Å². The second-order valence-corrected chi connectivity index (χ2v) is 4.79. The van der Waals surface area contributed by atoms with Crippen molar-refractivity contribution in [2.75, 3.05) is 13.7 Å². The van der Waals surface area contributed by atoms with Gasteiger partial charge < -0.3 is 15.5 Å². The van der Waals surface area contributed by atoms with E-state index in [1.54, 1.807) is 7.11 Å². The van der Waals surface area contributed by atoms with Gasteiger partial charge in [-0.25, -0.2) is 0 Å². The Kier molecular flexibility index (Phi) is 3.44. The van der Waals surface area contributed by atoms with E-state index >= 15 is 0 Å². The SMILES string of the molecule is COc1cccc(-c2[nH]c3ccccc3c2CCN)c1. The Bertz CT molecular complexity index is 731. The van der Waals surface area contributed by atoms with E-state index in [2.05, 4.69) is 29.2 Å². The number of ether oxygens (including phenoxy) is 1. The van der Waals surface area contributed by atoms with Crippen LogP contribution in [0.2, 0.25) is 0 Å². The molecule has 3 heteroatoms. The molecule has 3 N–H and O–H groups in total. The van der Waals surface area contributed by atoms with E-state index in [1.807, 2.05) is 24.3 Å². The summed E-state index contributed by atoms with van der Waals surface area (Å²) in [6.45, 7) is 0.638. The first-order valence-corrected chi connectivity index (χ1v) is 6.77. The van der Waals surface area contributed by atoms with E-state index in [0.717, 1.165) is 28.9 Å². The molecule has 0 aliphatic rings. The van der Waals surface area contributed by atoms with Gasteiger partial charge in [0.1, 0.15) is 5.75 Å². The van der Waals surface area contributed by atoms with Crippen molar-refractivity contribution in [3.05, 3.63) is 54.1 Å². The van der Waals surface area contributed by atoms with Gasteiger partial charge in [0.25, 0.3) is 0 Å². The number of aromatic nitrogens is 1. The molecule has 3 aromatic rings. The van der Waals surface area contributed by atoms with Crippen LogP contribution in [0.25, 0.3) is 22.2 Å². The van der Waals surface area contributed by atoms with E-state index in [0.29, 0.717) is 6.54 Å². The molecule has 1 aromatic heterocycles. The zero-order chi connectivity index (χ0) is 13.9. The van der Waals surface area contributed by atoms with Crippen LogP contribution in [-0.2, 0) is 6.42 Å². The highest BCUT2D eigenvalue weighted by Crippen LogP contribution is 2.32. The molecule has 0 atom stereocenters. The highest BCUT2D eigenvalue weighted by Gasteiger charge is 2.12. The number of nitrogens with two attached hydrogens (primary N) is 1. The van der Waals surface area contributed by atoms with E-state index < -0.39 is 0 Å². The maximum atomic E-state index is 5.78. The number of fused-ring (bicyclic) bond motifs is 1. The quantitative estimate of drug-likeness (QED) is 0.761. The normalized spacial score (nSPS) is 10.9. The van der Waals surface area contributed by atoms with Crippen molar-refractivity contribution >= 4 is 10.9 Å². The molecule has 102 valence electrons. The average molecular weight is 266 g/mol. The van der Waals surface area contributed by atoms with Gasteiger partial charge in [0.15, 0.2) is 0 Å². The van der Waals surface area contributed by atoms with Crippen LogP contribution in [0, 0.1) is 0 Å². The summed E-state index contributed by atoms with van der Waals surface area (Å²) in [6.07, 6.45) is 0.858. The standard InChI is InChI=1S/C17H18N2O/c1-20-13-6-4-5-12(11-13)17-15(9-10-18)14-7-2-3-8-16(14)19-17/h2-8,11,19H,9-10,18H2,1H3. The molecule has 0 unspecified atom stereocenters. The molecule has 0 bridgehead atoms. The molecule has 0 fully saturated rings. The van der Waals surface area contributed by atoms with Gasteiger partial charge in [0.2, 0.25) is 0 Å². The fourth-order valence-corrected chi connectivity index (χ4v) is 2.63. The number of rotatable bonds is 4. The fourth-order valence-electron chi connectivity index (χ4n) is 2.63. The first kappa shape index (κ1) is 12.8. The van der Waals surface area contributed by atoms with Crippen molar-refractivity contribution in [3.63, 3.8) is 0 Å². The van der Waals surface area contributed by atoms with Crippen molar-refractivity contribution in [2.45, 2.75) is 6.42 Å². The molecule has 1 heterocycles. The highest BCUT2D eigenvalue weighted by atomic mass is 16.5. The van der Waals surface area contributed by atoms with Gasteiger partial charge in [-0.3, -0.25) is 0 Å². The lowest BCUT2D eigenvalue weighted by atomic mass is 10.0. The van der Waals surface area contributed by atoms with E-state index in [-0.39, 0.29) is 0 Å². The van der Waals surface area contributed by atoms with Gasteiger partial charge in [-0.05, 0) is 36.7 Å². The number of para-hydroxylation sites is 1. The summed E-state index contributed by atoms with van der Waals surface area (Å²) in [5.41, 5.74) is 10.5. The Hall–Kier alpha value is -2.26. The largest absolute Gasteiger partial charge is 0.497 e. The molecule has 0 saturated heterocycles. The zero-order valence-electron chi connectivity index (χ0n) is 11.5. The van der Waals surface area contributed by atoms with Crippen LogP contribution in [0.15, 0.2) is 48.5 Å². The minimum absolute atomic E-state index is 0.638. The van der Waals surface area contributed by atoms with E-state index in [4.69, 9.17) is 10.5 Å². The summed E-state index contributed by atoms with van der Waals surface area (Å²) in [5, 5.41) is 1.25. The lowest BCUT2D eigenvalue weighted by Crippen LogP contribution is -2.03. The Labute approximate surface area is 118 Å². The van der Waals surface area contributed by atoms with Crippen molar-refractivity contribution < 1.29 is 4.74 Å². The molecule has 3 rings (SSSR count). The van der Waals surface area contributed by atoms with Crippen molar-refractivity contribution in [1.29, 1.82) is 0 Å². The molecule has 3 nitrogen and oxygen atoms in total. The van der Waals surface area contributed by atoms with E-state index in [1.165, 1.54) is 10.9 Å². The average Bonchev–Trinajstić information content (AvgIpc) is 2.87. The smallest absolute Gasteiger partial charge is 0.119 e. The van der Waals surface area contributed by atoms with Gasteiger partial charge in [-0.15, -0.1) is 0 Å². The second-order valence-electron chi connectivity index (χ2n) is 4.79. The number of methoxy groups -OCH3 is 1. The molecule has 0 amide bonds. The van der Waals surface area contributed by atoms with Crippen LogP contribution < -0.4 is 10.5 Å². The number of aromatic amines is 1. The molecule has 2 aromatic carbocycles. The first-order chi connectivity index (χ1) is 9.83. The van der Waals surface area contributed by atoms with Crippen LogP contribution in [-0.4, -0.2) is 18.6 Å². The zero-order valence-corrected chi connectivity index (χ0v) is 11.5. The van der Waals surface area contributed by atoms with Crippen LogP contribution in [0.1, 0.15) is 5.56 Å². The molecular weight excluding hydrogens is 248 g/mol. The predicted octanol–water partition coefficient (Wildman–Crippen LogP) is 3.34. The predicted molar refractivity (Wildman–Crippen MR) is 83.0 cm³/mol. The van der Waals surface area contributed by atoms with Crippen molar-refractivity contribution in [3.8, 4) is 17.0 Å². The first-order valence-electron chi connectivity index (χ1n) is 6.77. The molecule has 0 spiro atoms. The highest BCUT2D eigenvalue weighted by molar-refractivity contribution is 5.90. The molecule has 20 heavy (non-hydrogen) atoms. The van der Waals surface area contributed by atoms with Crippen molar-refractivity contribution in [1.82, 2.24) is 4.98 Å². The van der Waals surface area contributed by atoms with Gasteiger partial charge in [0, 0.05) is 22.2 Å². The van der Waals surface area contributed by atoms with Crippen molar-refractivity contribution in [2.24, 2.45) is 5.73 Å². The lowest BCUT2D eigenvalue weighted by Gasteiger charge is -2.06. The third-order valence-corrected chi connectivity index (χ3v) is 3.57. The molecule has 0 saturated carbocycles. The number of hydrogen-bond acceptors (Lipinski definition) is 2. The van der Waals surface area contributed by atoms with E-state index in [9.17, 15) is 0 Å². The molecular formula is C17H18N2O. The van der Waals surface area contributed by atoms with Crippen LogP contribution in [0.5, 0.6) is 5.75 Å². The summed E-state index contributed by atoms with van der Waals surface area (Å²) in [6, 6.07) is 16.4. The summed E-state index contributed by atoms with van der Waals surface area (Å²) < 4.78 is 5.31. The summed E-state index contributed by atoms with van der Waals surface area (Å²) >= 11 is 0. The number of benzene rings is 2. The second kappa shape index (κ2) is 5.39. The lowest BCUT2D eigenvalue weighted by molar-refractivity contribution is 0.415. The maximum Gasteiger partial charge on any atom is 0.119 e. The minimum Gasteiger partial charge on any atom is -0.497 e. The van der Waals surface area contributed by atoms with Crippen LogP contribution in [0.4, 0.5) is 0 Å². The summed E-state index contributed by atoms with van der Waals surface area (Å²) in [5.74, 6) is 0.861. The van der Waals surface area contributed by atoms with Gasteiger partial charge >= 0.3 is 0 Å². The Morgan fingerprint density at radius 3 is 2.75 bits per heavy atom. The summed E-state index contributed by atoms with van der Waals surface area (Å²) in [7, 11) is 1.69. The monoisotopic (exact) mass is 266 g/mol. The number of hydrogen-bond donors (Lipinski definition) is 2. The minimum atomic E-state index is 0.638. The molecule has 0 aliphatic heterocycles.